The van der Waals surface area contributed by atoms with Crippen LogP contribution in [-0.4, -0.2) is 47.5 Å². The van der Waals surface area contributed by atoms with Crippen molar-refractivity contribution in [3.05, 3.63) is 53.7 Å². The number of ether oxygens (including phenoxy) is 2. The predicted octanol–water partition coefficient (Wildman–Crippen LogP) is 6.96. The minimum absolute atomic E-state index is 0.0130. The fraction of sp³-hybridized carbons (Fsp3) is 0.529. The summed E-state index contributed by atoms with van der Waals surface area (Å²) in [6.45, 7) is 6.72. The summed E-state index contributed by atoms with van der Waals surface area (Å²) >= 11 is 0. The first kappa shape index (κ1) is 27.7. The summed E-state index contributed by atoms with van der Waals surface area (Å²) in [6, 6.07) is 14.0. The Kier molecular flexibility index (Phi) is 7.03. The molecule has 1 aromatic heterocycles. The summed E-state index contributed by atoms with van der Waals surface area (Å²) in [4.78, 5) is 34.2. The van der Waals surface area contributed by atoms with Crippen LogP contribution in [0.25, 0.3) is 10.9 Å². The number of para-hydroxylation sites is 1. The Labute approximate surface area is 243 Å². The maximum atomic E-state index is 14.4. The zero-order valence-corrected chi connectivity index (χ0v) is 25.0. The van der Waals surface area contributed by atoms with Crippen molar-refractivity contribution in [3.63, 3.8) is 0 Å². The third-order valence-electron chi connectivity index (χ3n) is 10.1. The number of aromatic nitrogens is 1. The van der Waals surface area contributed by atoms with Crippen LogP contribution in [0.1, 0.15) is 82.4 Å². The van der Waals surface area contributed by atoms with Gasteiger partial charge in [-0.1, -0.05) is 51.3 Å². The molecule has 3 aliphatic rings. The van der Waals surface area contributed by atoms with Crippen molar-refractivity contribution in [1.82, 2.24) is 9.88 Å². The molecule has 0 spiro atoms. The summed E-state index contributed by atoms with van der Waals surface area (Å²) in [5, 5.41) is 4.43. The number of rotatable bonds is 9. The minimum atomic E-state index is -0.841. The lowest BCUT2D eigenvalue weighted by molar-refractivity contribution is -0.149. The number of nitrogens with one attached hydrogen (secondary N) is 2. The molecule has 0 radical (unpaired) electrons. The number of nitrogens with zero attached hydrogens (tertiary/aromatic N) is 1. The minimum Gasteiger partial charge on any atom is -0.497 e. The molecule has 7 nitrogen and oxygen atoms in total. The van der Waals surface area contributed by atoms with Gasteiger partial charge >= 0.3 is 0 Å². The Bertz CT molecular complexity index is 1460. The number of anilines is 1. The number of methoxy groups -OCH3 is 2. The van der Waals surface area contributed by atoms with E-state index in [4.69, 9.17) is 9.47 Å². The number of benzene rings is 2. The van der Waals surface area contributed by atoms with Gasteiger partial charge in [-0.25, -0.2) is 0 Å². The third-order valence-corrected chi connectivity index (χ3v) is 10.1. The number of carbonyl (C=O) groups is 2. The Balaban J connectivity index is 1.28. The lowest BCUT2D eigenvalue weighted by atomic mass is 9.78. The highest BCUT2D eigenvalue weighted by Crippen LogP contribution is 2.67. The summed E-state index contributed by atoms with van der Waals surface area (Å²) in [5.41, 5.74) is 3.46. The van der Waals surface area contributed by atoms with Crippen LogP contribution in [0.3, 0.4) is 0 Å². The zero-order valence-electron chi connectivity index (χ0n) is 25.0. The van der Waals surface area contributed by atoms with Gasteiger partial charge in [-0.2, -0.15) is 0 Å². The second kappa shape index (κ2) is 10.4. The van der Waals surface area contributed by atoms with E-state index in [0.717, 1.165) is 37.6 Å². The number of hydrogen-bond acceptors (Lipinski definition) is 4. The van der Waals surface area contributed by atoms with Crippen LogP contribution in [0.15, 0.2) is 42.5 Å². The van der Waals surface area contributed by atoms with Crippen LogP contribution in [0.4, 0.5) is 5.69 Å². The summed E-state index contributed by atoms with van der Waals surface area (Å²) < 4.78 is 10.9. The average molecular weight is 558 g/mol. The molecular weight excluding hydrogens is 514 g/mol. The van der Waals surface area contributed by atoms with E-state index in [-0.39, 0.29) is 29.2 Å². The van der Waals surface area contributed by atoms with Gasteiger partial charge in [0, 0.05) is 35.1 Å². The molecule has 0 unspecified atom stereocenters. The van der Waals surface area contributed by atoms with Crippen molar-refractivity contribution in [2.45, 2.75) is 89.6 Å². The maximum Gasteiger partial charge on any atom is 0.250 e. The molecule has 2 aromatic carbocycles. The molecule has 1 heterocycles. The van der Waals surface area contributed by atoms with Gasteiger partial charge in [-0.05, 0) is 73.6 Å². The van der Waals surface area contributed by atoms with E-state index in [9.17, 15) is 9.59 Å². The van der Waals surface area contributed by atoms with Gasteiger partial charge in [0.2, 0.25) is 11.8 Å². The van der Waals surface area contributed by atoms with Gasteiger partial charge in [0.1, 0.15) is 17.0 Å². The van der Waals surface area contributed by atoms with Crippen molar-refractivity contribution < 1.29 is 19.1 Å². The Hall–Kier alpha value is -3.48. The molecule has 41 heavy (non-hydrogen) atoms. The molecule has 218 valence electrons. The molecule has 2 N–H and O–H groups in total. The topological polar surface area (TPSA) is 83.7 Å². The van der Waals surface area contributed by atoms with Crippen LogP contribution < -0.4 is 14.8 Å². The van der Waals surface area contributed by atoms with E-state index < -0.39 is 5.54 Å². The Morgan fingerprint density at radius 1 is 1.02 bits per heavy atom. The molecule has 2 atom stereocenters. The van der Waals surface area contributed by atoms with Gasteiger partial charge in [0.25, 0.3) is 0 Å². The van der Waals surface area contributed by atoms with Crippen molar-refractivity contribution in [2.24, 2.45) is 11.3 Å². The number of fused-ring (bicyclic) bond motifs is 1. The highest BCUT2D eigenvalue weighted by atomic mass is 16.5. The number of hydrogen-bond donors (Lipinski definition) is 2. The molecule has 3 aliphatic carbocycles. The quantitative estimate of drug-likeness (QED) is 0.298. The molecule has 0 bridgehead atoms. The fourth-order valence-corrected chi connectivity index (χ4v) is 7.66. The van der Waals surface area contributed by atoms with E-state index in [1.807, 2.05) is 17.0 Å². The normalized spacial score (nSPS) is 22.7. The van der Waals surface area contributed by atoms with Crippen LogP contribution >= 0.6 is 0 Å². The number of aromatic amines is 1. The van der Waals surface area contributed by atoms with Gasteiger partial charge < -0.3 is 24.7 Å². The standard InChI is InChI=1S/C34H43N3O4/c1-21-30(24-11-7-8-12-26(24)35-21)31-25(33(31,2)3)20-29(38)37(22-13-14-22)34(17-9-6-10-18-34)32(39)36-27-16-15-23(40-4)19-28(27)41-5/h7-8,11-12,15-16,19,22,25,31,35H,6,9-10,13-14,17-18,20H2,1-5H3,(H,36,39)/t25-,31+/m1/s1. The molecular formula is C34H43N3O4. The average Bonchev–Trinajstić information content (AvgIpc) is 3.86. The second-order valence-electron chi connectivity index (χ2n) is 12.9. The number of H-pyrrole nitrogens is 1. The van der Waals surface area contributed by atoms with Crippen LogP contribution in [-0.2, 0) is 9.59 Å². The first-order chi connectivity index (χ1) is 19.7. The van der Waals surface area contributed by atoms with Crippen molar-refractivity contribution in [2.75, 3.05) is 19.5 Å². The van der Waals surface area contributed by atoms with E-state index in [1.54, 1.807) is 20.3 Å². The lowest BCUT2D eigenvalue weighted by Gasteiger charge is -2.45. The van der Waals surface area contributed by atoms with Gasteiger partial charge in [-0.3, -0.25) is 9.59 Å². The second-order valence-corrected chi connectivity index (χ2v) is 12.9. The highest BCUT2D eigenvalue weighted by molar-refractivity contribution is 6.02. The molecule has 6 rings (SSSR count). The highest BCUT2D eigenvalue weighted by Gasteiger charge is 2.61. The molecule has 3 saturated carbocycles. The first-order valence-corrected chi connectivity index (χ1v) is 15.1. The van der Waals surface area contributed by atoms with E-state index in [2.05, 4.69) is 55.3 Å². The number of amides is 2. The van der Waals surface area contributed by atoms with Gasteiger partial charge in [0.15, 0.2) is 0 Å². The van der Waals surface area contributed by atoms with Gasteiger partial charge in [0.05, 0.1) is 19.9 Å². The van der Waals surface area contributed by atoms with E-state index in [1.165, 1.54) is 16.6 Å². The summed E-state index contributed by atoms with van der Waals surface area (Å²) in [7, 11) is 3.19. The van der Waals surface area contributed by atoms with Crippen molar-refractivity contribution in [1.29, 1.82) is 0 Å². The molecule has 0 saturated heterocycles. The van der Waals surface area contributed by atoms with Gasteiger partial charge in [-0.15, -0.1) is 0 Å². The van der Waals surface area contributed by atoms with Crippen molar-refractivity contribution >= 4 is 28.4 Å². The monoisotopic (exact) mass is 557 g/mol. The van der Waals surface area contributed by atoms with Crippen LogP contribution in [0.5, 0.6) is 11.5 Å². The summed E-state index contributed by atoms with van der Waals surface area (Å²) in [5.74, 6) is 1.78. The van der Waals surface area contributed by atoms with Crippen LogP contribution in [0, 0.1) is 18.3 Å². The SMILES string of the molecule is COc1ccc(NC(=O)C2(N(C(=O)C[C@@H]3[C@@H](c4c(C)[nH]c5ccccc45)C3(C)C)C3CC3)CCCCC2)c(OC)c1. The maximum absolute atomic E-state index is 14.4. The molecule has 7 heteroatoms. The first-order valence-electron chi connectivity index (χ1n) is 15.1. The largest absolute Gasteiger partial charge is 0.497 e. The predicted molar refractivity (Wildman–Crippen MR) is 162 cm³/mol. The molecule has 3 aromatic rings. The lowest BCUT2D eigenvalue weighted by Crippen LogP contribution is -2.61. The van der Waals surface area contributed by atoms with E-state index >= 15 is 0 Å². The Morgan fingerprint density at radius 3 is 2.44 bits per heavy atom. The molecule has 3 fully saturated rings. The zero-order chi connectivity index (χ0) is 28.9. The number of carbonyl (C=O) groups excluding carboxylic acids is 2. The number of aryl methyl sites for hydroxylation is 1. The molecule has 2 amide bonds. The third kappa shape index (κ3) is 4.77. The Morgan fingerprint density at radius 2 is 1.76 bits per heavy atom. The molecule has 0 aliphatic heterocycles. The smallest absolute Gasteiger partial charge is 0.250 e. The van der Waals surface area contributed by atoms with Crippen LogP contribution in [0.2, 0.25) is 0 Å². The summed E-state index contributed by atoms with van der Waals surface area (Å²) in [6.07, 6.45) is 6.75. The fourth-order valence-electron chi connectivity index (χ4n) is 7.66. The van der Waals surface area contributed by atoms with E-state index in [0.29, 0.717) is 42.4 Å². The van der Waals surface area contributed by atoms with Crippen molar-refractivity contribution in [3.8, 4) is 11.5 Å².